The Morgan fingerprint density at radius 3 is 2.50 bits per heavy atom. The Bertz CT molecular complexity index is 335. The Morgan fingerprint density at radius 2 is 2.14 bits per heavy atom. The topological polar surface area (TPSA) is 36.7 Å². The first-order chi connectivity index (χ1) is 6.69. The standard InChI is InChI=1S/C9H8N2.C3H8/c1-3-9-4-7(2)8(5-10)6-11-9;1-3-2/h3-4,6H,1H2,2H3;3H2,1-2H3. The molecule has 0 atom stereocenters. The van der Waals surface area contributed by atoms with Crippen molar-refractivity contribution in [3.05, 3.63) is 35.7 Å². The van der Waals surface area contributed by atoms with Crippen molar-refractivity contribution < 1.29 is 0 Å². The second kappa shape index (κ2) is 6.85. The van der Waals surface area contributed by atoms with Crippen LogP contribution in [0.2, 0.25) is 0 Å². The van der Waals surface area contributed by atoms with E-state index in [0.29, 0.717) is 5.56 Å². The summed E-state index contributed by atoms with van der Waals surface area (Å²) in [6.07, 6.45) is 4.47. The van der Waals surface area contributed by atoms with E-state index < -0.39 is 0 Å². The lowest BCUT2D eigenvalue weighted by Gasteiger charge is -1.96. The summed E-state index contributed by atoms with van der Waals surface area (Å²) in [5.74, 6) is 0. The SMILES string of the molecule is C=Cc1cc(C)c(C#N)cn1.CCC. The molecule has 0 fully saturated rings. The maximum Gasteiger partial charge on any atom is 0.101 e. The van der Waals surface area contributed by atoms with E-state index >= 15 is 0 Å². The highest BCUT2D eigenvalue weighted by Crippen LogP contribution is 2.06. The van der Waals surface area contributed by atoms with Gasteiger partial charge in [0.1, 0.15) is 6.07 Å². The van der Waals surface area contributed by atoms with E-state index in [4.69, 9.17) is 5.26 Å². The van der Waals surface area contributed by atoms with Crippen molar-refractivity contribution in [3.63, 3.8) is 0 Å². The number of rotatable bonds is 1. The van der Waals surface area contributed by atoms with Crippen LogP contribution in [-0.4, -0.2) is 4.98 Å². The minimum Gasteiger partial charge on any atom is -0.256 e. The average molecular weight is 188 g/mol. The minimum absolute atomic E-state index is 0.621. The van der Waals surface area contributed by atoms with E-state index in [0.717, 1.165) is 11.3 Å². The van der Waals surface area contributed by atoms with E-state index in [1.54, 1.807) is 12.3 Å². The zero-order valence-corrected chi connectivity index (χ0v) is 9.04. The van der Waals surface area contributed by atoms with Crippen molar-refractivity contribution >= 4 is 6.08 Å². The first kappa shape index (κ1) is 12.4. The van der Waals surface area contributed by atoms with Gasteiger partial charge >= 0.3 is 0 Å². The minimum atomic E-state index is 0.621. The summed E-state index contributed by atoms with van der Waals surface area (Å²) in [6.45, 7) is 9.71. The molecule has 14 heavy (non-hydrogen) atoms. The van der Waals surface area contributed by atoms with E-state index in [1.165, 1.54) is 6.42 Å². The average Bonchev–Trinajstić information content (AvgIpc) is 2.19. The van der Waals surface area contributed by atoms with E-state index in [9.17, 15) is 0 Å². The highest BCUT2D eigenvalue weighted by atomic mass is 14.7. The molecule has 0 unspecified atom stereocenters. The van der Waals surface area contributed by atoms with Crippen molar-refractivity contribution in [1.82, 2.24) is 4.98 Å². The molecular weight excluding hydrogens is 172 g/mol. The molecule has 0 spiro atoms. The number of pyridine rings is 1. The zero-order valence-electron chi connectivity index (χ0n) is 9.04. The van der Waals surface area contributed by atoms with Crippen LogP contribution in [0.1, 0.15) is 37.1 Å². The molecule has 1 aromatic rings. The first-order valence-corrected chi connectivity index (χ1v) is 4.68. The van der Waals surface area contributed by atoms with Crippen LogP contribution in [0.3, 0.4) is 0 Å². The Morgan fingerprint density at radius 1 is 1.57 bits per heavy atom. The first-order valence-electron chi connectivity index (χ1n) is 4.68. The molecule has 0 aliphatic carbocycles. The Balaban J connectivity index is 0.000000500. The fourth-order valence-corrected chi connectivity index (χ4v) is 0.806. The Kier molecular flexibility index (Phi) is 6.06. The predicted octanol–water partition coefficient (Wildman–Crippen LogP) is 3.32. The summed E-state index contributed by atoms with van der Waals surface area (Å²) in [6, 6.07) is 3.89. The molecule has 0 aliphatic rings. The molecule has 0 aliphatic heterocycles. The summed E-state index contributed by atoms with van der Waals surface area (Å²) in [4.78, 5) is 3.99. The van der Waals surface area contributed by atoms with Crippen molar-refractivity contribution in [2.45, 2.75) is 27.2 Å². The third-order valence-electron chi connectivity index (χ3n) is 1.46. The van der Waals surface area contributed by atoms with Gasteiger partial charge in [-0.15, -0.1) is 0 Å². The molecule has 2 nitrogen and oxygen atoms in total. The highest BCUT2D eigenvalue weighted by Gasteiger charge is 1.96. The van der Waals surface area contributed by atoms with Crippen LogP contribution < -0.4 is 0 Å². The summed E-state index contributed by atoms with van der Waals surface area (Å²) in [5.41, 5.74) is 2.37. The van der Waals surface area contributed by atoms with E-state index in [2.05, 4.69) is 25.4 Å². The number of aryl methyl sites for hydroxylation is 1. The van der Waals surface area contributed by atoms with Gasteiger partial charge in [-0.25, -0.2) is 0 Å². The maximum atomic E-state index is 8.57. The molecule has 0 amide bonds. The van der Waals surface area contributed by atoms with Gasteiger partial charge in [0.15, 0.2) is 0 Å². The molecule has 2 heteroatoms. The van der Waals surface area contributed by atoms with Gasteiger partial charge in [-0.2, -0.15) is 5.26 Å². The van der Waals surface area contributed by atoms with Gasteiger partial charge in [-0.1, -0.05) is 26.8 Å². The quantitative estimate of drug-likeness (QED) is 0.677. The smallest absolute Gasteiger partial charge is 0.101 e. The van der Waals surface area contributed by atoms with Crippen LogP contribution in [0.15, 0.2) is 18.8 Å². The molecule has 0 saturated carbocycles. The van der Waals surface area contributed by atoms with Crippen molar-refractivity contribution in [1.29, 1.82) is 5.26 Å². The number of hydrogen-bond donors (Lipinski definition) is 0. The summed E-state index contributed by atoms with van der Waals surface area (Å²) < 4.78 is 0. The van der Waals surface area contributed by atoms with Crippen LogP contribution in [0.5, 0.6) is 0 Å². The lowest BCUT2D eigenvalue weighted by atomic mass is 10.1. The number of hydrogen-bond acceptors (Lipinski definition) is 2. The number of nitriles is 1. The van der Waals surface area contributed by atoms with Gasteiger partial charge in [0, 0.05) is 6.20 Å². The molecule has 0 saturated heterocycles. The molecule has 0 bridgehead atoms. The van der Waals surface area contributed by atoms with Gasteiger partial charge in [0.2, 0.25) is 0 Å². The van der Waals surface area contributed by atoms with Crippen molar-refractivity contribution in [2.24, 2.45) is 0 Å². The molecule has 0 N–H and O–H groups in total. The molecule has 1 aromatic heterocycles. The largest absolute Gasteiger partial charge is 0.256 e. The van der Waals surface area contributed by atoms with Crippen LogP contribution in [-0.2, 0) is 0 Å². The molecule has 1 rings (SSSR count). The zero-order chi connectivity index (χ0) is 11.0. The van der Waals surface area contributed by atoms with E-state index in [1.807, 2.05) is 19.1 Å². The van der Waals surface area contributed by atoms with Gasteiger partial charge in [0.05, 0.1) is 11.3 Å². The fraction of sp³-hybridized carbons (Fsp3) is 0.333. The van der Waals surface area contributed by atoms with Gasteiger partial charge in [0.25, 0.3) is 0 Å². The monoisotopic (exact) mass is 188 g/mol. The Labute approximate surface area is 85.9 Å². The van der Waals surface area contributed by atoms with Crippen LogP contribution >= 0.6 is 0 Å². The van der Waals surface area contributed by atoms with Gasteiger partial charge < -0.3 is 0 Å². The molecule has 74 valence electrons. The molecule has 0 aromatic carbocycles. The summed E-state index contributed by atoms with van der Waals surface area (Å²) in [7, 11) is 0. The number of aromatic nitrogens is 1. The highest BCUT2D eigenvalue weighted by molar-refractivity contribution is 5.46. The van der Waals surface area contributed by atoms with Crippen molar-refractivity contribution in [3.8, 4) is 6.07 Å². The predicted molar refractivity (Wildman–Crippen MR) is 59.7 cm³/mol. The molecule has 0 radical (unpaired) electrons. The van der Waals surface area contributed by atoms with Crippen molar-refractivity contribution in [2.75, 3.05) is 0 Å². The maximum absolute atomic E-state index is 8.57. The van der Waals surface area contributed by atoms with Crippen LogP contribution in [0.4, 0.5) is 0 Å². The lowest BCUT2D eigenvalue weighted by Crippen LogP contribution is -1.86. The number of nitrogens with zero attached hydrogens (tertiary/aromatic N) is 2. The lowest BCUT2D eigenvalue weighted by molar-refractivity contribution is 1.09. The third kappa shape index (κ3) is 3.86. The fourth-order valence-electron chi connectivity index (χ4n) is 0.806. The molecule has 1 heterocycles. The second-order valence-electron chi connectivity index (χ2n) is 2.95. The normalized spacial score (nSPS) is 8.14. The van der Waals surface area contributed by atoms with Crippen LogP contribution in [0, 0.1) is 18.3 Å². The Hall–Kier alpha value is -1.62. The van der Waals surface area contributed by atoms with Crippen LogP contribution in [0.25, 0.3) is 6.08 Å². The van der Waals surface area contributed by atoms with Gasteiger partial charge in [-0.3, -0.25) is 4.98 Å². The summed E-state index contributed by atoms with van der Waals surface area (Å²) >= 11 is 0. The third-order valence-corrected chi connectivity index (χ3v) is 1.46. The van der Waals surface area contributed by atoms with Gasteiger partial charge in [-0.05, 0) is 24.6 Å². The summed E-state index contributed by atoms with van der Waals surface area (Å²) in [5, 5.41) is 8.57. The second-order valence-corrected chi connectivity index (χ2v) is 2.95. The van der Waals surface area contributed by atoms with E-state index in [-0.39, 0.29) is 0 Å². The molecular formula is C12H16N2.